The Hall–Kier alpha value is -2.31. The molecule has 134 valence electrons. The third kappa shape index (κ3) is 3.41. The van der Waals surface area contributed by atoms with Crippen molar-refractivity contribution in [3.63, 3.8) is 0 Å². The molecule has 1 aliphatic rings. The fraction of sp³-hybridized carbons (Fsp3) is 0.444. The Morgan fingerprint density at radius 2 is 2.00 bits per heavy atom. The largest absolute Gasteiger partial charge is 0.444 e. The van der Waals surface area contributed by atoms with Crippen LogP contribution in [0.4, 0.5) is 13.2 Å². The first-order chi connectivity index (χ1) is 11.8. The number of rotatable bonds is 6. The van der Waals surface area contributed by atoms with E-state index in [9.17, 15) is 18.0 Å². The van der Waals surface area contributed by atoms with Crippen molar-refractivity contribution in [1.29, 1.82) is 0 Å². The topological polar surface area (TPSA) is 55.1 Å². The summed E-state index contributed by atoms with van der Waals surface area (Å²) in [6.45, 7) is 1.00. The maximum absolute atomic E-state index is 13.7. The normalized spacial score (nSPS) is 16.3. The summed E-state index contributed by atoms with van der Waals surface area (Å²) in [5.41, 5.74) is -0.350. The zero-order valence-corrected chi connectivity index (χ0v) is 13.8. The Bertz CT molecular complexity index is 746. The molecule has 0 unspecified atom stereocenters. The molecule has 0 spiro atoms. The quantitative estimate of drug-likeness (QED) is 0.856. The van der Waals surface area contributed by atoms with Gasteiger partial charge in [0, 0.05) is 25.5 Å². The average molecular weight is 352 g/mol. The number of nitrogens with one attached hydrogen (secondary N) is 1. The molecule has 1 aromatic carbocycles. The molecule has 1 amide bonds. The molecule has 1 N–H and O–H groups in total. The van der Waals surface area contributed by atoms with Crippen molar-refractivity contribution >= 4 is 5.91 Å². The zero-order chi connectivity index (χ0) is 18.1. The summed E-state index contributed by atoms with van der Waals surface area (Å²) in [5.74, 6) is -3.64. The van der Waals surface area contributed by atoms with Crippen LogP contribution in [0.1, 0.15) is 31.9 Å². The van der Waals surface area contributed by atoms with Crippen LogP contribution in [0.15, 0.2) is 34.9 Å². The van der Waals surface area contributed by atoms with Crippen molar-refractivity contribution in [1.82, 2.24) is 10.3 Å². The lowest BCUT2D eigenvalue weighted by Gasteiger charge is -2.44. The number of hydrogen-bond donors (Lipinski definition) is 1. The Morgan fingerprint density at radius 3 is 2.56 bits per heavy atom. The molecule has 0 radical (unpaired) electrons. The molecule has 0 atom stereocenters. The predicted octanol–water partition coefficient (Wildman–Crippen LogP) is 3.96. The Balaban J connectivity index is 1.56. The first-order valence-corrected chi connectivity index (χ1v) is 8.18. The van der Waals surface area contributed by atoms with Gasteiger partial charge in [0.25, 0.3) is 5.92 Å². The van der Waals surface area contributed by atoms with Crippen LogP contribution in [-0.4, -0.2) is 23.4 Å². The van der Waals surface area contributed by atoms with Crippen molar-refractivity contribution in [2.24, 2.45) is 5.41 Å². The van der Waals surface area contributed by atoms with Crippen LogP contribution >= 0.6 is 0 Å². The van der Waals surface area contributed by atoms with Crippen molar-refractivity contribution in [3.8, 4) is 11.5 Å². The SMILES string of the molecule is CC(F)(F)C1(C(=O)NCCc2coc(-c3ccc(F)cc3)n2)CCC1. The highest BCUT2D eigenvalue weighted by Crippen LogP contribution is 2.52. The van der Waals surface area contributed by atoms with Crippen LogP contribution in [0.5, 0.6) is 0 Å². The Kier molecular flexibility index (Phi) is 4.58. The highest BCUT2D eigenvalue weighted by molar-refractivity contribution is 5.84. The van der Waals surface area contributed by atoms with Crippen molar-refractivity contribution in [2.45, 2.75) is 38.5 Å². The molecule has 1 aromatic heterocycles. The van der Waals surface area contributed by atoms with Gasteiger partial charge in [0.05, 0.1) is 5.69 Å². The number of amides is 1. The van der Waals surface area contributed by atoms with Gasteiger partial charge >= 0.3 is 0 Å². The molecule has 0 bridgehead atoms. The molecule has 3 rings (SSSR count). The first-order valence-electron chi connectivity index (χ1n) is 8.18. The lowest BCUT2D eigenvalue weighted by molar-refractivity contribution is -0.174. The lowest BCUT2D eigenvalue weighted by Crippen LogP contribution is -2.55. The number of oxazole rings is 1. The number of carbonyl (C=O) groups is 1. The summed E-state index contributed by atoms with van der Waals surface area (Å²) in [5, 5.41) is 2.59. The van der Waals surface area contributed by atoms with E-state index in [0.29, 0.717) is 30.0 Å². The first kappa shape index (κ1) is 17.5. The van der Waals surface area contributed by atoms with Gasteiger partial charge in [0.2, 0.25) is 11.8 Å². The van der Waals surface area contributed by atoms with Crippen LogP contribution in [0.2, 0.25) is 0 Å². The van der Waals surface area contributed by atoms with E-state index in [1.54, 1.807) is 12.1 Å². The number of alkyl halides is 2. The van der Waals surface area contributed by atoms with Gasteiger partial charge in [-0.25, -0.2) is 18.2 Å². The van der Waals surface area contributed by atoms with Gasteiger partial charge in [0.15, 0.2) is 0 Å². The van der Waals surface area contributed by atoms with E-state index in [0.717, 1.165) is 6.92 Å². The number of hydrogen-bond acceptors (Lipinski definition) is 3. The molecule has 25 heavy (non-hydrogen) atoms. The minimum absolute atomic E-state index is 0.200. The number of carbonyl (C=O) groups excluding carboxylic acids is 1. The summed E-state index contributed by atoms with van der Waals surface area (Å²) < 4.78 is 45.7. The molecule has 1 fully saturated rings. The van der Waals surface area contributed by atoms with E-state index >= 15 is 0 Å². The predicted molar refractivity (Wildman–Crippen MR) is 85.5 cm³/mol. The third-order valence-electron chi connectivity index (χ3n) is 4.79. The molecule has 1 aliphatic carbocycles. The van der Waals surface area contributed by atoms with Gasteiger partial charge in [0.1, 0.15) is 17.5 Å². The van der Waals surface area contributed by atoms with Crippen molar-refractivity contribution < 1.29 is 22.4 Å². The fourth-order valence-corrected chi connectivity index (χ4v) is 3.02. The van der Waals surface area contributed by atoms with E-state index in [2.05, 4.69) is 10.3 Å². The molecule has 0 aliphatic heterocycles. The Morgan fingerprint density at radius 1 is 1.32 bits per heavy atom. The summed E-state index contributed by atoms with van der Waals surface area (Å²) in [4.78, 5) is 16.4. The van der Waals surface area contributed by atoms with E-state index in [1.807, 2.05) is 0 Å². The molecule has 7 heteroatoms. The minimum atomic E-state index is -3.03. The maximum Gasteiger partial charge on any atom is 0.259 e. The van der Waals surface area contributed by atoms with Gasteiger partial charge in [-0.2, -0.15) is 0 Å². The standard InChI is InChI=1S/C18H19F3N2O2/c1-17(20,21)18(8-2-9-18)16(24)22-10-7-14-11-25-15(23-14)12-3-5-13(19)6-4-12/h3-6,11H,2,7-10H2,1H3,(H,22,24). The summed E-state index contributed by atoms with van der Waals surface area (Å²) >= 11 is 0. The number of halogens is 3. The highest BCUT2D eigenvalue weighted by atomic mass is 19.3. The molecule has 1 saturated carbocycles. The number of benzene rings is 1. The molecular weight excluding hydrogens is 333 g/mol. The van der Waals surface area contributed by atoms with Crippen LogP contribution < -0.4 is 5.32 Å². The van der Waals surface area contributed by atoms with Gasteiger partial charge in [-0.1, -0.05) is 6.42 Å². The molecule has 4 nitrogen and oxygen atoms in total. The van der Waals surface area contributed by atoms with E-state index in [-0.39, 0.29) is 25.2 Å². The van der Waals surface area contributed by atoms with Gasteiger partial charge in [-0.3, -0.25) is 4.79 Å². The average Bonchev–Trinajstić information content (AvgIpc) is 2.94. The monoisotopic (exact) mass is 352 g/mol. The highest BCUT2D eigenvalue weighted by Gasteiger charge is 2.59. The van der Waals surface area contributed by atoms with Gasteiger partial charge in [-0.05, 0) is 37.1 Å². The second-order valence-electron chi connectivity index (χ2n) is 6.48. The minimum Gasteiger partial charge on any atom is -0.444 e. The second kappa shape index (κ2) is 6.54. The Labute approximate surface area is 143 Å². The van der Waals surface area contributed by atoms with Crippen molar-refractivity contribution in [3.05, 3.63) is 42.0 Å². The van der Waals surface area contributed by atoms with Crippen LogP contribution in [0.3, 0.4) is 0 Å². The molecule has 0 saturated heterocycles. The lowest BCUT2D eigenvalue weighted by atomic mass is 9.64. The van der Waals surface area contributed by atoms with E-state index < -0.39 is 17.2 Å². The summed E-state index contributed by atoms with van der Waals surface area (Å²) in [7, 11) is 0. The van der Waals surface area contributed by atoms with Crippen LogP contribution in [-0.2, 0) is 11.2 Å². The van der Waals surface area contributed by atoms with Gasteiger partial charge < -0.3 is 9.73 Å². The molecule has 2 aromatic rings. The van der Waals surface area contributed by atoms with Crippen molar-refractivity contribution in [2.75, 3.05) is 6.54 Å². The third-order valence-corrected chi connectivity index (χ3v) is 4.79. The molecular formula is C18H19F3N2O2. The fourth-order valence-electron chi connectivity index (χ4n) is 3.02. The smallest absolute Gasteiger partial charge is 0.259 e. The molecule has 1 heterocycles. The summed E-state index contributed by atoms with van der Waals surface area (Å²) in [6.07, 6.45) is 2.86. The maximum atomic E-state index is 13.7. The second-order valence-corrected chi connectivity index (χ2v) is 6.48. The van der Waals surface area contributed by atoms with Crippen LogP contribution in [0, 0.1) is 11.2 Å². The zero-order valence-electron chi connectivity index (χ0n) is 13.8. The number of aromatic nitrogens is 1. The van der Waals surface area contributed by atoms with Crippen LogP contribution in [0.25, 0.3) is 11.5 Å². The number of nitrogens with zero attached hydrogens (tertiary/aromatic N) is 1. The van der Waals surface area contributed by atoms with E-state index in [4.69, 9.17) is 4.42 Å². The van der Waals surface area contributed by atoms with Gasteiger partial charge in [-0.15, -0.1) is 0 Å². The van der Waals surface area contributed by atoms with E-state index in [1.165, 1.54) is 18.4 Å². The summed E-state index contributed by atoms with van der Waals surface area (Å²) in [6, 6.07) is 5.72.